The van der Waals surface area contributed by atoms with Crippen LogP contribution < -0.4 is 10.9 Å². The first kappa shape index (κ1) is 19.3. The van der Waals surface area contributed by atoms with Crippen LogP contribution >= 0.6 is 0 Å². The number of aromatic amines is 1. The van der Waals surface area contributed by atoms with Crippen LogP contribution in [0.1, 0.15) is 65.6 Å². The molecule has 1 aromatic carbocycles. The van der Waals surface area contributed by atoms with Crippen LogP contribution in [0.15, 0.2) is 35.1 Å². The second-order valence-corrected chi connectivity index (χ2v) is 9.06. The van der Waals surface area contributed by atoms with E-state index in [0.29, 0.717) is 41.7 Å². The van der Waals surface area contributed by atoms with E-state index in [0.717, 1.165) is 18.4 Å². The molecule has 2 aromatic heterocycles. The van der Waals surface area contributed by atoms with Gasteiger partial charge in [-0.15, -0.1) is 5.10 Å². The Bertz CT molecular complexity index is 1270. The van der Waals surface area contributed by atoms with Crippen molar-refractivity contribution in [3.63, 3.8) is 0 Å². The summed E-state index contributed by atoms with van der Waals surface area (Å²) >= 11 is 0. The Hall–Kier alpha value is -3.62. The largest absolute Gasteiger partial charge is 0.325 e. The molecule has 0 aliphatic heterocycles. The van der Waals surface area contributed by atoms with E-state index in [1.54, 1.807) is 22.9 Å². The van der Waals surface area contributed by atoms with Gasteiger partial charge in [0.15, 0.2) is 11.6 Å². The van der Waals surface area contributed by atoms with Crippen molar-refractivity contribution >= 4 is 17.4 Å². The molecule has 158 valence electrons. The number of hydrogen-bond acceptors (Lipinski definition) is 6. The molecule has 9 heteroatoms. The molecule has 0 bridgehead atoms. The normalized spacial score (nSPS) is 17.3. The molecule has 5 rings (SSSR count). The maximum absolute atomic E-state index is 12.8. The van der Waals surface area contributed by atoms with Crippen molar-refractivity contribution in [1.82, 2.24) is 25.2 Å². The van der Waals surface area contributed by atoms with E-state index in [-0.39, 0.29) is 16.8 Å². The molecule has 0 saturated heterocycles. The third-order valence-corrected chi connectivity index (χ3v) is 5.73. The third-order valence-electron chi connectivity index (χ3n) is 5.73. The van der Waals surface area contributed by atoms with E-state index >= 15 is 0 Å². The minimum Gasteiger partial charge on any atom is -0.325 e. The number of carbonyl (C=O) groups is 2. The summed E-state index contributed by atoms with van der Waals surface area (Å²) in [6.45, 7) is 3.97. The van der Waals surface area contributed by atoms with Gasteiger partial charge in [-0.3, -0.25) is 14.4 Å². The number of Topliss-reactive ketones (excluding diaryl/α,β-unsaturated/α-hetero) is 1. The summed E-state index contributed by atoms with van der Waals surface area (Å²) in [6, 6.07) is 8.89. The Morgan fingerprint density at radius 1 is 1.19 bits per heavy atom. The zero-order valence-electron chi connectivity index (χ0n) is 17.3. The highest BCUT2D eigenvalue weighted by molar-refractivity contribution is 6.07. The van der Waals surface area contributed by atoms with Crippen LogP contribution in [0.4, 0.5) is 5.69 Å². The van der Waals surface area contributed by atoms with Crippen LogP contribution in [0.2, 0.25) is 0 Å². The van der Waals surface area contributed by atoms with Gasteiger partial charge in [0.1, 0.15) is 5.56 Å². The topological polar surface area (TPSA) is 123 Å². The molecular weight excluding hydrogens is 396 g/mol. The predicted molar refractivity (Wildman–Crippen MR) is 113 cm³/mol. The molecular formula is C22H22N6O3. The van der Waals surface area contributed by atoms with Gasteiger partial charge in [0.25, 0.3) is 11.5 Å². The molecule has 0 spiro atoms. The number of fused-ring (bicyclic) bond motifs is 1. The summed E-state index contributed by atoms with van der Waals surface area (Å²) < 4.78 is 1.79. The monoisotopic (exact) mass is 418 g/mol. The summed E-state index contributed by atoms with van der Waals surface area (Å²) in [7, 11) is 0. The Labute approximate surface area is 177 Å². The Morgan fingerprint density at radius 2 is 2.00 bits per heavy atom. The SMILES string of the molecule is CC1(C)CC(=O)c2cc(C(=O)Nc3cccc(-c4nnnn4C4CC4)c3)c(=O)[nH]c2C1. The van der Waals surface area contributed by atoms with Crippen molar-refractivity contribution < 1.29 is 9.59 Å². The maximum Gasteiger partial charge on any atom is 0.261 e. The number of nitrogens with zero attached hydrogens (tertiary/aromatic N) is 4. The zero-order valence-corrected chi connectivity index (χ0v) is 17.3. The molecule has 2 N–H and O–H groups in total. The van der Waals surface area contributed by atoms with E-state index in [1.807, 2.05) is 19.9 Å². The third kappa shape index (κ3) is 3.67. The Morgan fingerprint density at radius 3 is 2.77 bits per heavy atom. The number of pyridine rings is 1. The molecule has 3 aromatic rings. The minimum atomic E-state index is -0.569. The zero-order chi connectivity index (χ0) is 21.8. The molecule has 2 heterocycles. The Balaban J connectivity index is 1.42. The number of anilines is 1. The van der Waals surface area contributed by atoms with E-state index in [4.69, 9.17) is 0 Å². The average Bonchev–Trinajstić information content (AvgIpc) is 3.43. The summed E-state index contributed by atoms with van der Waals surface area (Å²) in [6.07, 6.45) is 3.06. The van der Waals surface area contributed by atoms with Gasteiger partial charge in [-0.1, -0.05) is 26.0 Å². The van der Waals surface area contributed by atoms with Crippen LogP contribution in [0.5, 0.6) is 0 Å². The molecule has 1 saturated carbocycles. The second kappa shape index (κ2) is 6.97. The van der Waals surface area contributed by atoms with Crippen LogP contribution in [-0.4, -0.2) is 36.9 Å². The van der Waals surface area contributed by atoms with Gasteiger partial charge < -0.3 is 10.3 Å². The smallest absolute Gasteiger partial charge is 0.261 e. The molecule has 1 amide bonds. The summed E-state index contributed by atoms with van der Waals surface area (Å²) in [5, 5.41) is 14.7. The molecule has 31 heavy (non-hydrogen) atoms. The minimum absolute atomic E-state index is 0.0644. The number of ketones is 1. The number of tetrazole rings is 1. The van der Waals surface area contributed by atoms with Crippen LogP contribution in [-0.2, 0) is 6.42 Å². The molecule has 1 fully saturated rings. The quantitative estimate of drug-likeness (QED) is 0.672. The fourth-order valence-corrected chi connectivity index (χ4v) is 4.08. The number of H-pyrrole nitrogens is 1. The molecule has 2 aliphatic carbocycles. The van der Waals surface area contributed by atoms with Crippen molar-refractivity contribution in [2.24, 2.45) is 5.41 Å². The standard InChI is InChI=1S/C22H22N6O3/c1-22(2)10-17-15(18(29)11-22)9-16(21(31)24-17)20(30)23-13-5-3-4-12(8-13)19-25-26-27-28(19)14-6-7-14/h3-5,8-9,14H,6-7,10-11H2,1-2H3,(H,23,30)(H,24,31). The number of rotatable bonds is 4. The number of benzene rings is 1. The highest BCUT2D eigenvalue weighted by Gasteiger charge is 2.33. The van der Waals surface area contributed by atoms with Gasteiger partial charge in [0, 0.05) is 28.9 Å². The van der Waals surface area contributed by atoms with Crippen molar-refractivity contribution in [3.8, 4) is 11.4 Å². The van der Waals surface area contributed by atoms with Gasteiger partial charge in [-0.05, 0) is 53.3 Å². The fraction of sp³-hybridized carbons (Fsp3) is 0.364. The lowest BCUT2D eigenvalue weighted by Crippen LogP contribution is -2.32. The van der Waals surface area contributed by atoms with Crippen molar-refractivity contribution in [2.45, 2.75) is 45.6 Å². The Kier molecular flexibility index (Phi) is 4.35. The number of amides is 1. The van der Waals surface area contributed by atoms with E-state index in [1.165, 1.54) is 6.07 Å². The van der Waals surface area contributed by atoms with E-state index in [2.05, 4.69) is 25.8 Å². The van der Waals surface area contributed by atoms with Gasteiger partial charge in [-0.2, -0.15) is 0 Å². The van der Waals surface area contributed by atoms with Crippen LogP contribution in [0.25, 0.3) is 11.4 Å². The van der Waals surface area contributed by atoms with Crippen molar-refractivity contribution in [1.29, 1.82) is 0 Å². The number of carbonyl (C=O) groups excluding carboxylic acids is 2. The number of aromatic nitrogens is 5. The first-order valence-corrected chi connectivity index (χ1v) is 10.3. The number of nitrogens with one attached hydrogen (secondary N) is 2. The van der Waals surface area contributed by atoms with Gasteiger partial charge in [0.05, 0.1) is 6.04 Å². The van der Waals surface area contributed by atoms with Crippen molar-refractivity contribution in [2.75, 3.05) is 5.32 Å². The van der Waals surface area contributed by atoms with Crippen LogP contribution in [0.3, 0.4) is 0 Å². The highest BCUT2D eigenvalue weighted by Crippen LogP contribution is 2.37. The molecule has 9 nitrogen and oxygen atoms in total. The van der Waals surface area contributed by atoms with Crippen molar-refractivity contribution in [3.05, 3.63) is 57.5 Å². The van der Waals surface area contributed by atoms with Crippen LogP contribution in [0, 0.1) is 5.41 Å². The first-order chi connectivity index (χ1) is 14.8. The van der Waals surface area contributed by atoms with E-state index < -0.39 is 11.5 Å². The lowest BCUT2D eigenvalue weighted by molar-refractivity contribution is 0.0910. The summed E-state index contributed by atoms with van der Waals surface area (Å²) in [5.74, 6) is 0.00418. The lowest BCUT2D eigenvalue weighted by Gasteiger charge is -2.29. The summed E-state index contributed by atoms with van der Waals surface area (Å²) in [5.41, 5.74) is 1.49. The fourth-order valence-electron chi connectivity index (χ4n) is 4.08. The molecule has 0 unspecified atom stereocenters. The first-order valence-electron chi connectivity index (χ1n) is 10.3. The average molecular weight is 418 g/mol. The predicted octanol–water partition coefficient (Wildman–Crippen LogP) is 2.77. The molecule has 0 atom stereocenters. The van der Waals surface area contributed by atoms with Gasteiger partial charge >= 0.3 is 0 Å². The molecule has 2 aliphatic rings. The maximum atomic E-state index is 12.8. The van der Waals surface area contributed by atoms with E-state index in [9.17, 15) is 14.4 Å². The lowest BCUT2D eigenvalue weighted by atomic mass is 9.75. The number of hydrogen-bond donors (Lipinski definition) is 2. The van der Waals surface area contributed by atoms with Gasteiger partial charge in [0.2, 0.25) is 0 Å². The summed E-state index contributed by atoms with van der Waals surface area (Å²) in [4.78, 5) is 40.7. The van der Waals surface area contributed by atoms with Gasteiger partial charge in [-0.25, -0.2) is 4.68 Å². The molecule has 0 radical (unpaired) electrons. The highest BCUT2D eigenvalue weighted by atomic mass is 16.2. The second-order valence-electron chi connectivity index (χ2n) is 9.06.